The molecule has 5 heteroatoms. The topological polar surface area (TPSA) is 56.2 Å². The Labute approximate surface area is 89.4 Å². The fraction of sp³-hybridized carbons (Fsp3) is 0.600. The van der Waals surface area contributed by atoms with Gasteiger partial charge < -0.3 is 10.1 Å². The highest BCUT2D eigenvalue weighted by Crippen LogP contribution is 1.94. The van der Waals surface area contributed by atoms with Crippen molar-refractivity contribution in [1.82, 2.24) is 15.1 Å². The Bertz CT molecular complexity index is 285. The summed E-state index contributed by atoms with van der Waals surface area (Å²) in [6, 6.07) is 1.50. The zero-order valence-corrected chi connectivity index (χ0v) is 9.14. The van der Waals surface area contributed by atoms with Gasteiger partial charge in [0.25, 0.3) is 0 Å². The van der Waals surface area contributed by atoms with Crippen LogP contribution in [-0.2, 0) is 16.1 Å². The molecule has 0 aromatic carbocycles. The Balaban J connectivity index is 2.52. The molecule has 1 rings (SSSR count). The maximum atomic E-state index is 11.4. The summed E-state index contributed by atoms with van der Waals surface area (Å²) in [5, 5.41) is 7.17. The zero-order valence-electron chi connectivity index (χ0n) is 9.14. The summed E-state index contributed by atoms with van der Waals surface area (Å²) in [4.78, 5) is 11.4. The molecule has 1 N–H and O–H groups in total. The summed E-state index contributed by atoms with van der Waals surface area (Å²) >= 11 is 0. The maximum Gasteiger partial charge on any atom is 0.324 e. The minimum Gasteiger partial charge on any atom is -0.468 e. The number of hydrogen-bond acceptors (Lipinski definition) is 4. The summed E-state index contributed by atoms with van der Waals surface area (Å²) in [6.45, 7) is 3.34. The van der Waals surface area contributed by atoms with Crippen LogP contribution in [0.3, 0.4) is 0 Å². The molecule has 1 aromatic heterocycles. The van der Waals surface area contributed by atoms with Crippen LogP contribution in [0.4, 0.5) is 0 Å². The molecule has 0 saturated heterocycles. The monoisotopic (exact) mass is 211 g/mol. The van der Waals surface area contributed by atoms with Crippen molar-refractivity contribution >= 4 is 5.97 Å². The van der Waals surface area contributed by atoms with Crippen molar-refractivity contribution in [3.8, 4) is 0 Å². The van der Waals surface area contributed by atoms with E-state index in [-0.39, 0.29) is 12.0 Å². The van der Waals surface area contributed by atoms with Gasteiger partial charge in [0.15, 0.2) is 0 Å². The molecular formula is C10H17N3O2. The molecule has 0 fully saturated rings. The highest BCUT2D eigenvalue weighted by Gasteiger charge is 2.18. The standard InChI is InChI=1S/C10H17N3O2/c1-3-5-11-9(10(14)15-2)8-13-7-4-6-12-13/h4,6-7,9,11H,3,5,8H2,1-2H3. The number of nitrogens with zero attached hydrogens (tertiary/aromatic N) is 2. The number of aromatic nitrogens is 2. The third-order valence-electron chi connectivity index (χ3n) is 2.06. The SMILES string of the molecule is CCCNC(Cn1cccn1)C(=O)OC. The number of carbonyl (C=O) groups is 1. The molecular weight excluding hydrogens is 194 g/mol. The Kier molecular flexibility index (Phi) is 4.83. The minimum absolute atomic E-state index is 0.251. The highest BCUT2D eigenvalue weighted by atomic mass is 16.5. The van der Waals surface area contributed by atoms with Crippen molar-refractivity contribution in [1.29, 1.82) is 0 Å². The summed E-state index contributed by atoms with van der Waals surface area (Å²) in [6.07, 6.45) is 4.49. The maximum absolute atomic E-state index is 11.4. The van der Waals surface area contributed by atoms with E-state index < -0.39 is 0 Å². The summed E-state index contributed by atoms with van der Waals surface area (Å²) in [5.74, 6) is -0.251. The van der Waals surface area contributed by atoms with E-state index in [0.717, 1.165) is 13.0 Å². The lowest BCUT2D eigenvalue weighted by Crippen LogP contribution is -2.41. The van der Waals surface area contributed by atoms with Crippen LogP contribution in [0.15, 0.2) is 18.5 Å². The van der Waals surface area contributed by atoms with Crippen LogP contribution >= 0.6 is 0 Å². The van der Waals surface area contributed by atoms with Gasteiger partial charge in [-0.05, 0) is 19.0 Å². The first-order chi connectivity index (χ1) is 7.27. The lowest BCUT2D eigenvalue weighted by molar-refractivity contribution is -0.143. The summed E-state index contributed by atoms with van der Waals surface area (Å²) in [7, 11) is 1.39. The molecule has 84 valence electrons. The van der Waals surface area contributed by atoms with Crippen LogP contribution in [0.2, 0.25) is 0 Å². The molecule has 0 aliphatic rings. The van der Waals surface area contributed by atoms with Crippen LogP contribution in [0.25, 0.3) is 0 Å². The molecule has 1 atom stereocenters. The van der Waals surface area contributed by atoms with E-state index >= 15 is 0 Å². The summed E-state index contributed by atoms with van der Waals surface area (Å²) in [5.41, 5.74) is 0. The normalized spacial score (nSPS) is 12.4. The average Bonchev–Trinajstić information content (AvgIpc) is 2.75. The van der Waals surface area contributed by atoms with E-state index in [9.17, 15) is 4.79 Å². The van der Waals surface area contributed by atoms with Crippen LogP contribution < -0.4 is 5.32 Å². The van der Waals surface area contributed by atoms with E-state index in [2.05, 4.69) is 17.3 Å². The molecule has 0 spiro atoms. The van der Waals surface area contributed by atoms with Gasteiger partial charge in [-0.15, -0.1) is 0 Å². The van der Waals surface area contributed by atoms with E-state index in [0.29, 0.717) is 6.54 Å². The first-order valence-corrected chi connectivity index (χ1v) is 5.06. The van der Waals surface area contributed by atoms with Gasteiger partial charge in [0.2, 0.25) is 0 Å². The van der Waals surface area contributed by atoms with Gasteiger partial charge in [-0.1, -0.05) is 6.92 Å². The van der Waals surface area contributed by atoms with E-state index in [1.165, 1.54) is 7.11 Å². The third-order valence-corrected chi connectivity index (χ3v) is 2.06. The molecule has 0 aliphatic heterocycles. The van der Waals surface area contributed by atoms with Crippen molar-refractivity contribution in [2.45, 2.75) is 25.9 Å². The lowest BCUT2D eigenvalue weighted by atomic mass is 10.3. The van der Waals surface area contributed by atoms with Crippen LogP contribution in [0.1, 0.15) is 13.3 Å². The number of carbonyl (C=O) groups excluding carboxylic acids is 1. The second-order valence-electron chi connectivity index (χ2n) is 3.26. The van der Waals surface area contributed by atoms with Crippen LogP contribution in [-0.4, -0.2) is 35.4 Å². The molecule has 0 radical (unpaired) electrons. The quantitative estimate of drug-likeness (QED) is 0.693. The second kappa shape index (κ2) is 6.19. The van der Waals surface area contributed by atoms with Crippen molar-refractivity contribution in [3.63, 3.8) is 0 Å². The first-order valence-electron chi connectivity index (χ1n) is 5.06. The van der Waals surface area contributed by atoms with Gasteiger partial charge in [0, 0.05) is 12.4 Å². The fourth-order valence-corrected chi connectivity index (χ4v) is 1.28. The number of rotatable bonds is 6. The van der Waals surface area contributed by atoms with Gasteiger partial charge in [-0.3, -0.25) is 9.48 Å². The molecule has 0 amide bonds. The predicted molar refractivity (Wildman–Crippen MR) is 56.3 cm³/mol. The Hall–Kier alpha value is -1.36. The van der Waals surface area contributed by atoms with Crippen LogP contribution in [0, 0.1) is 0 Å². The van der Waals surface area contributed by atoms with E-state index in [1.807, 2.05) is 12.3 Å². The third kappa shape index (κ3) is 3.71. The molecule has 5 nitrogen and oxygen atoms in total. The van der Waals surface area contributed by atoms with Gasteiger partial charge in [0.1, 0.15) is 6.04 Å². The second-order valence-corrected chi connectivity index (χ2v) is 3.26. The van der Waals surface area contributed by atoms with Crippen molar-refractivity contribution < 1.29 is 9.53 Å². The first kappa shape index (κ1) is 11.7. The van der Waals surface area contributed by atoms with Gasteiger partial charge in [-0.25, -0.2) is 0 Å². The summed E-state index contributed by atoms with van der Waals surface area (Å²) < 4.78 is 6.43. The minimum atomic E-state index is -0.324. The number of nitrogens with one attached hydrogen (secondary N) is 1. The largest absolute Gasteiger partial charge is 0.468 e. The Morgan fingerprint density at radius 2 is 2.47 bits per heavy atom. The van der Waals surface area contributed by atoms with Gasteiger partial charge in [-0.2, -0.15) is 5.10 Å². The Morgan fingerprint density at radius 3 is 3.00 bits per heavy atom. The highest BCUT2D eigenvalue weighted by molar-refractivity contribution is 5.75. The molecule has 1 heterocycles. The van der Waals surface area contributed by atoms with Gasteiger partial charge in [0.05, 0.1) is 13.7 Å². The van der Waals surface area contributed by atoms with Crippen molar-refractivity contribution in [2.24, 2.45) is 0 Å². The molecule has 0 saturated carbocycles. The average molecular weight is 211 g/mol. The smallest absolute Gasteiger partial charge is 0.324 e. The molecule has 15 heavy (non-hydrogen) atoms. The number of methoxy groups -OCH3 is 1. The molecule has 1 unspecified atom stereocenters. The van der Waals surface area contributed by atoms with Crippen LogP contribution in [0.5, 0.6) is 0 Å². The predicted octanol–water partition coefficient (Wildman–Crippen LogP) is 0.424. The molecule has 0 bridgehead atoms. The van der Waals surface area contributed by atoms with Crippen molar-refractivity contribution in [3.05, 3.63) is 18.5 Å². The van der Waals surface area contributed by atoms with E-state index in [4.69, 9.17) is 4.74 Å². The Morgan fingerprint density at radius 1 is 1.67 bits per heavy atom. The zero-order chi connectivity index (χ0) is 11.1. The van der Waals surface area contributed by atoms with E-state index in [1.54, 1.807) is 10.9 Å². The molecule has 1 aromatic rings. The molecule has 0 aliphatic carbocycles. The van der Waals surface area contributed by atoms with Crippen molar-refractivity contribution in [2.75, 3.05) is 13.7 Å². The number of ether oxygens (including phenoxy) is 1. The number of hydrogen-bond donors (Lipinski definition) is 1. The number of esters is 1. The lowest BCUT2D eigenvalue weighted by Gasteiger charge is -2.15. The van der Waals surface area contributed by atoms with Gasteiger partial charge >= 0.3 is 5.97 Å². The fourth-order valence-electron chi connectivity index (χ4n) is 1.28.